The van der Waals surface area contributed by atoms with Gasteiger partial charge in [0.15, 0.2) is 0 Å². The molecule has 148 valence electrons. The molecule has 1 fully saturated rings. The second kappa shape index (κ2) is 9.37. The van der Waals surface area contributed by atoms with Crippen LogP contribution in [0.25, 0.3) is 0 Å². The lowest BCUT2D eigenvalue weighted by Gasteiger charge is -2.23. The van der Waals surface area contributed by atoms with Gasteiger partial charge in [-0.1, -0.05) is 12.1 Å². The molecule has 0 atom stereocenters. The molecule has 1 aliphatic carbocycles. The second-order valence-corrected chi connectivity index (χ2v) is 7.06. The van der Waals surface area contributed by atoms with Crippen molar-refractivity contribution in [2.45, 2.75) is 25.8 Å². The molecule has 2 amide bonds. The topological polar surface area (TPSA) is 84.7 Å². The lowest BCUT2D eigenvalue weighted by atomic mass is 10.1. The van der Waals surface area contributed by atoms with Crippen molar-refractivity contribution < 1.29 is 14.3 Å². The molecule has 28 heavy (non-hydrogen) atoms. The number of benzene rings is 2. The first-order valence-electron chi connectivity index (χ1n) is 9.64. The van der Waals surface area contributed by atoms with Crippen molar-refractivity contribution in [3.8, 4) is 5.75 Å². The fourth-order valence-corrected chi connectivity index (χ4v) is 3.01. The summed E-state index contributed by atoms with van der Waals surface area (Å²) in [5.41, 5.74) is 8.00. The Labute approximate surface area is 165 Å². The van der Waals surface area contributed by atoms with E-state index in [-0.39, 0.29) is 17.7 Å². The van der Waals surface area contributed by atoms with Crippen LogP contribution in [0.1, 0.15) is 35.2 Å². The van der Waals surface area contributed by atoms with Crippen LogP contribution in [0.2, 0.25) is 0 Å². The number of nitrogens with zero attached hydrogens (tertiary/aromatic N) is 1. The predicted octanol–water partition coefficient (Wildman–Crippen LogP) is 3.03. The van der Waals surface area contributed by atoms with Crippen LogP contribution in [0.4, 0.5) is 5.69 Å². The van der Waals surface area contributed by atoms with Crippen molar-refractivity contribution in [2.75, 3.05) is 25.5 Å². The van der Waals surface area contributed by atoms with Gasteiger partial charge in [-0.25, -0.2) is 0 Å². The molecule has 1 aliphatic rings. The highest BCUT2D eigenvalue weighted by Gasteiger charge is 2.29. The first kappa shape index (κ1) is 19.9. The number of nitrogens with two attached hydrogens (primary N) is 1. The number of carbonyl (C=O) groups is 2. The number of methoxy groups -OCH3 is 1. The molecule has 3 rings (SSSR count). The summed E-state index contributed by atoms with van der Waals surface area (Å²) in [7, 11) is 1.60. The van der Waals surface area contributed by atoms with Gasteiger partial charge in [0.05, 0.1) is 7.11 Å². The van der Waals surface area contributed by atoms with Gasteiger partial charge < -0.3 is 20.7 Å². The smallest absolute Gasteiger partial charge is 0.254 e. The zero-order valence-electron chi connectivity index (χ0n) is 16.2. The fourth-order valence-electron chi connectivity index (χ4n) is 3.01. The summed E-state index contributed by atoms with van der Waals surface area (Å²) in [5.74, 6) is 0.889. The van der Waals surface area contributed by atoms with Crippen LogP contribution in [-0.4, -0.2) is 36.9 Å². The Morgan fingerprint density at radius 3 is 2.57 bits per heavy atom. The van der Waals surface area contributed by atoms with E-state index in [1.54, 1.807) is 36.3 Å². The van der Waals surface area contributed by atoms with E-state index < -0.39 is 0 Å². The molecule has 3 N–H and O–H groups in total. The van der Waals surface area contributed by atoms with Crippen LogP contribution in [-0.2, 0) is 11.3 Å². The SMILES string of the molecule is COc1ccc(C(=O)N(CCCN)Cc2cccc(NC(=O)C3CC3)c2)cc1. The molecule has 0 aliphatic heterocycles. The Morgan fingerprint density at radius 1 is 1.18 bits per heavy atom. The van der Waals surface area contributed by atoms with E-state index >= 15 is 0 Å². The van der Waals surface area contributed by atoms with E-state index in [1.807, 2.05) is 24.3 Å². The number of ether oxygens (including phenoxy) is 1. The summed E-state index contributed by atoms with van der Waals surface area (Å²) >= 11 is 0. The maximum atomic E-state index is 13.0. The Bertz CT molecular complexity index is 816. The first-order valence-corrected chi connectivity index (χ1v) is 9.64. The molecule has 2 aromatic rings. The fraction of sp³-hybridized carbons (Fsp3) is 0.364. The average molecular weight is 381 g/mol. The highest BCUT2D eigenvalue weighted by atomic mass is 16.5. The van der Waals surface area contributed by atoms with E-state index in [0.717, 1.165) is 30.5 Å². The number of anilines is 1. The van der Waals surface area contributed by atoms with E-state index in [9.17, 15) is 9.59 Å². The van der Waals surface area contributed by atoms with Crippen LogP contribution in [0.5, 0.6) is 5.75 Å². The molecule has 6 heteroatoms. The number of hydrogen-bond acceptors (Lipinski definition) is 4. The van der Waals surface area contributed by atoms with Gasteiger partial charge >= 0.3 is 0 Å². The minimum atomic E-state index is -0.0523. The summed E-state index contributed by atoms with van der Waals surface area (Å²) in [4.78, 5) is 26.8. The molecule has 0 aromatic heterocycles. The monoisotopic (exact) mass is 381 g/mol. The van der Waals surface area contributed by atoms with Crippen molar-refractivity contribution in [2.24, 2.45) is 11.7 Å². The van der Waals surface area contributed by atoms with Gasteiger partial charge in [-0.3, -0.25) is 9.59 Å². The van der Waals surface area contributed by atoms with Gasteiger partial charge in [-0.05, 0) is 67.8 Å². The van der Waals surface area contributed by atoms with Gasteiger partial charge in [-0.2, -0.15) is 0 Å². The van der Waals surface area contributed by atoms with E-state index in [1.165, 1.54) is 0 Å². The number of carbonyl (C=O) groups excluding carboxylic acids is 2. The minimum Gasteiger partial charge on any atom is -0.497 e. The van der Waals surface area contributed by atoms with Crippen LogP contribution in [0.3, 0.4) is 0 Å². The molecular weight excluding hydrogens is 354 g/mol. The van der Waals surface area contributed by atoms with Crippen molar-refractivity contribution in [1.82, 2.24) is 4.90 Å². The van der Waals surface area contributed by atoms with Crippen LogP contribution < -0.4 is 15.8 Å². The number of nitrogens with one attached hydrogen (secondary N) is 1. The first-order chi connectivity index (χ1) is 13.6. The maximum Gasteiger partial charge on any atom is 0.254 e. The van der Waals surface area contributed by atoms with Crippen molar-refractivity contribution in [3.63, 3.8) is 0 Å². The lowest BCUT2D eigenvalue weighted by Crippen LogP contribution is -2.32. The summed E-state index contributed by atoms with van der Waals surface area (Å²) in [6.45, 7) is 1.54. The van der Waals surface area contributed by atoms with Gasteiger partial charge in [0.2, 0.25) is 5.91 Å². The number of amides is 2. The number of hydrogen-bond donors (Lipinski definition) is 2. The normalized spacial score (nSPS) is 13.1. The van der Waals surface area contributed by atoms with Crippen molar-refractivity contribution in [1.29, 1.82) is 0 Å². The van der Waals surface area contributed by atoms with Gasteiger partial charge in [0.25, 0.3) is 5.91 Å². The molecule has 0 spiro atoms. The molecule has 2 aromatic carbocycles. The zero-order chi connectivity index (χ0) is 19.9. The zero-order valence-corrected chi connectivity index (χ0v) is 16.2. The second-order valence-electron chi connectivity index (χ2n) is 7.06. The Balaban J connectivity index is 1.72. The summed E-state index contributed by atoms with van der Waals surface area (Å²) in [5, 5.41) is 2.96. The lowest BCUT2D eigenvalue weighted by molar-refractivity contribution is -0.117. The molecule has 0 radical (unpaired) electrons. The molecule has 6 nitrogen and oxygen atoms in total. The molecule has 0 unspecified atom stereocenters. The summed E-state index contributed by atoms with van der Waals surface area (Å²) in [6.07, 6.45) is 2.66. The predicted molar refractivity (Wildman–Crippen MR) is 109 cm³/mol. The van der Waals surface area contributed by atoms with Gasteiger partial charge in [0, 0.05) is 30.3 Å². The minimum absolute atomic E-state index is 0.0523. The van der Waals surface area contributed by atoms with E-state index in [2.05, 4.69) is 5.32 Å². The third kappa shape index (κ3) is 5.33. The van der Waals surface area contributed by atoms with Gasteiger partial charge in [0.1, 0.15) is 5.75 Å². The van der Waals surface area contributed by atoms with Crippen LogP contribution in [0, 0.1) is 5.92 Å². The Hall–Kier alpha value is -2.86. The highest BCUT2D eigenvalue weighted by molar-refractivity contribution is 5.95. The third-order valence-electron chi connectivity index (χ3n) is 4.77. The van der Waals surface area contributed by atoms with Crippen LogP contribution >= 0.6 is 0 Å². The summed E-state index contributed by atoms with van der Waals surface area (Å²) < 4.78 is 5.16. The third-order valence-corrected chi connectivity index (χ3v) is 4.77. The molecular formula is C22H27N3O3. The van der Waals surface area contributed by atoms with Crippen molar-refractivity contribution in [3.05, 3.63) is 59.7 Å². The largest absolute Gasteiger partial charge is 0.497 e. The molecule has 0 bridgehead atoms. The van der Waals surface area contributed by atoms with Gasteiger partial charge in [-0.15, -0.1) is 0 Å². The Kier molecular flexibility index (Phi) is 6.66. The quantitative estimate of drug-likeness (QED) is 0.699. The standard InChI is InChI=1S/C22H27N3O3/c1-28-20-10-8-18(9-11-20)22(27)25(13-3-12-23)15-16-4-2-5-19(14-16)24-21(26)17-6-7-17/h2,4-5,8-11,14,17H,3,6-7,12-13,15,23H2,1H3,(H,24,26). The number of rotatable bonds is 9. The summed E-state index contributed by atoms with van der Waals surface area (Å²) in [6, 6.07) is 14.8. The molecule has 0 heterocycles. The van der Waals surface area contributed by atoms with E-state index in [4.69, 9.17) is 10.5 Å². The highest BCUT2D eigenvalue weighted by Crippen LogP contribution is 2.30. The molecule has 0 saturated heterocycles. The van der Waals surface area contributed by atoms with Crippen LogP contribution in [0.15, 0.2) is 48.5 Å². The Morgan fingerprint density at radius 2 is 1.93 bits per heavy atom. The van der Waals surface area contributed by atoms with E-state index in [0.29, 0.717) is 30.9 Å². The van der Waals surface area contributed by atoms with Crippen molar-refractivity contribution >= 4 is 17.5 Å². The maximum absolute atomic E-state index is 13.0. The average Bonchev–Trinajstić information content (AvgIpc) is 3.56. The molecule has 1 saturated carbocycles.